The number of benzene rings is 1. The van der Waals surface area contributed by atoms with Crippen molar-refractivity contribution in [2.75, 3.05) is 0 Å². The van der Waals surface area contributed by atoms with Crippen molar-refractivity contribution in [3.05, 3.63) is 41.7 Å². The van der Waals surface area contributed by atoms with Crippen molar-refractivity contribution < 1.29 is 4.79 Å². The van der Waals surface area contributed by atoms with Crippen LogP contribution in [0.4, 0.5) is 0 Å². The minimum atomic E-state index is -0.0416. The van der Waals surface area contributed by atoms with E-state index in [0.29, 0.717) is 13.1 Å². The molecule has 2 aromatic heterocycles. The molecular formula is C17H20N6O. The van der Waals surface area contributed by atoms with Crippen molar-refractivity contribution in [1.82, 2.24) is 29.6 Å². The Balaban J connectivity index is 1.42. The number of rotatable bonds is 3. The first-order chi connectivity index (χ1) is 11.6. The molecule has 1 amide bonds. The lowest BCUT2D eigenvalue weighted by molar-refractivity contribution is -0.126. The summed E-state index contributed by atoms with van der Waals surface area (Å²) >= 11 is 0. The molecule has 1 N–H and O–H groups in total. The minimum absolute atomic E-state index is 0.0416. The van der Waals surface area contributed by atoms with E-state index in [-0.39, 0.29) is 11.8 Å². The third-order valence-electron chi connectivity index (χ3n) is 4.81. The summed E-state index contributed by atoms with van der Waals surface area (Å²) in [6.45, 7) is 3.12. The van der Waals surface area contributed by atoms with E-state index in [0.717, 1.165) is 41.1 Å². The van der Waals surface area contributed by atoms with Crippen LogP contribution in [0.15, 0.2) is 24.5 Å². The summed E-state index contributed by atoms with van der Waals surface area (Å²) in [6, 6.07) is 6.14. The molecule has 124 valence electrons. The Morgan fingerprint density at radius 3 is 3.17 bits per heavy atom. The highest BCUT2D eigenvalue weighted by molar-refractivity contribution is 5.79. The number of fused-ring (bicyclic) bond motifs is 2. The highest BCUT2D eigenvalue weighted by Gasteiger charge is 2.25. The van der Waals surface area contributed by atoms with Crippen LogP contribution in [-0.4, -0.2) is 30.2 Å². The first kappa shape index (κ1) is 14.9. The van der Waals surface area contributed by atoms with Gasteiger partial charge in [-0.15, -0.1) is 0 Å². The lowest BCUT2D eigenvalue weighted by Gasteiger charge is -2.21. The molecule has 0 aliphatic carbocycles. The zero-order valence-corrected chi connectivity index (χ0v) is 13.9. The molecule has 0 spiro atoms. The average Bonchev–Trinajstić information content (AvgIpc) is 3.16. The Morgan fingerprint density at radius 2 is 2.29 bits per heavy atom. The summed E-state index contributed by atoms with van der Waals surface area (Å²) in [6.07, 6.45) is 3.18. The first-order valence-corrected chi connectivity index (χ1v) is 8.18. The maximum absolute atomic E-state index is 12.4. The number of hydrogen-bond donors (Lipinski definition) is 1. The number of nitrogens with one attached hydrogen (secondary N) is 1. The fraction of sp³-hybridized carbons (Fsp3) is 0.412. The maximum Gasteiger partial charge on any atom is 0.225 e. The molecule has 24 heavy (non-hydrogen) atoms. The molecule has 7 nitrogen and oxygen atoms in total. The molecule has 0 radical (unpaired) electrons. The van der Waals surface area contributed by atoms with E-state index in [1.807, 2.05) is 30.8 Å². The van der Waals surface area contributed by atoms with E-state index in [1.165, 1.54) is 0 Å². The van der Waals surface area contributed by atoms with E-state index in [9.17, 15) is 4.79 Å². The van der Waals surface area contributed by atoms with Gasteiger partial charge in [0.15, 0.2) is 0 Å². The topological polar surface area (TPSA) is 77.6 Å². The van der Waals surface area contributed by atoms with Gasteiger partial charge in [0.25, 0.3) is 0 Å². The number of hydrogen-bond acceptors (Lipinski definition) is 4. The van der Waals surface area contributed by atoms with Gasteiger partial charge >= 0.3 is 0 Å². The average molecular weight is 324 g/mol. The van der Waals surface area contributed by atoms with E-state index < -0.39 is 0 Å². The van der Waals surface area contributed by atoms with Crippen molar-refractivity contribution in [2.45, 2.75) is 32.9 Å². The largest absolute Gasteiger partial charge is 0.352 e. The molecule has 1 unspecified atom stereocenters. The normalized spacial score (nSPS) is 17.0. The zero-order valence-electron chi connectivity index (χ0n) is 13.9. The Kier molecular flexibility index (Phi) is 3.55. The summed E-state index contributed by atoms with van der Waals surface area (Å²) in [7, 11) is 2.01. The van der Waals surface area contributed by atoms with Crippen LogP contribution in [0.25, 0.3) is 11.0 Å². The summed E-state index contributed by atoms with van der Waals surface area (Å²) in [5.41, 5.74) is 3.13. The smallest absolute Gasteiger partial charge is 0.225 e. The number of aromatic nitrogens is 5. The van der Waals surface area contributed by atoms with Gasteiger partial charge in [-0.05, 0) is 31.0 Å². The Bertz CT molecular complexity index is 909. The molecule has 0 fully saturated rings. The molecule has 0 saturated heterocycles. The predicted molar refractivity (Wildman–Crippen MR) is 89.1 cm³/mol. The Morgan fingerprint density at radius 1 is 1.42 bits per heavy atom. The fourth-order valence-electron chi connectivity index (χ4n) is 3.26. The first-order valence-electron chi connectivity index (χ1n) is 8.18. The molecule has 4 rings (SSSR count). The van der Waals surface area contributed by atoms with E-state index in [1.54, 1.807) is 6.33 Å². The second-order valence-corrected chi connectivity index (χ2v) is 6.35. The highest BCUT2D eigenvalue weighted by Crippen LogP contribution is 2.19. The van der Waals surface area contributed by atoms with Crippen LogP contribution in [-0.2, 0) is 31.4 Å². The van der Waals surface area contributed by atoms with E-state index in [2.05, 4.69) is 31.0 Å². The van der Waals surface area contributed by atoms with E-state index >= 15 is 0 Å². The molecular weight excluding hydrogens is 304 g/mol. The third-order valence-corrected chi connectivity index (χ3v) is 4.81. The molecule has 3 aromatic rings. The molecule has 1 aliphatic rings. The van der Waals surface area contributed by atoms with E-state index in [4.69, 9.17) is 0 Å². The molecule has 0 bridgehead atoms. The summed E-state index contributed by atoms with van der Waals surface area (Å²) < 4.78 is 3.89. The van der Waals surface area contributed by atoms with Gasteiger partial charge in [-0.2, -0.15) is 5.10 Å². The highest BCUT2D eigenvalue weighted by atomic mass is 16.1. The lowest BCUT2D eigenvalue weighted by Crippen LogP contribution is -2.36. The molecule has 0 saturated carbocycles. The van der Waals surface area contributed by atoms with Crippen LogP contribution >= 0.6 is 0 Å². The van der Waals surface area contributed by atoms with Crippen LogP contribution < -0.4 is 5.32 Å². The SMILES string of the molecule is Cc1nc2cc(CNC(=O)C3CCc4ncnn4C3)ccc2n1C. The molecule has 3 heterocycles. The van der Waals surface area contributed by atoms with Crippen LogP contribution in [0.2, 0.25) is 0 Å². The van der Waals surface area contributed by atoms with Crippen molar-refractivity contribution in [2.24, 2.45) is 13.0 Å². The van der Waals surface area contributed by atoms with Gasteiger partial charge in [0.05, 0.1) is 23.5 Å². The van der Waals surface area contributed by atoms with Crippen molar-refractivity contribution in [1.29, 1.82) is 0 Å². The summed E-state index contributed by atoms with van der Waals surface area (Å²) in [5.74, 6) is 1.99. The second-order valence-electron chi connectivity index (χ2n) is 6.35. The van der Waals surface area contributed by atoms with Crippen LogP contribution in [0.5, 0.6) is 0 Å². The third kappa shape index (κ3) is 2.55. The number of carbonyl (C=O) groups is 1. The maximum atomic E-state index is 12.4. The van der Waals surface area contributed by atoms with Crippen molar-refractivity contribution in [3.8, 4) is 0 Å². The minimum Gasteiger partial charge on any atom is -0.352 e. The van der Waals surface area contributed by atoms with Crippen molar-refractivity contribution in [3.63, 3.8) is 0 Å². The van der Waals surface area contributed by atoms with Gasteiger partial charge in [0, 0.05) is 20.0 Å². The lowest BCUT2D eigenvalue weighted by atomic mass is 9.99. The summed E-state index contributed by atoms with van der Waals surface area (Å²) in [5, 5.41) is 7.21. The van der Waals surface area contributed by atoms with Gasteiger partial charge in [-0.1, -0.05) is 6.07 Å². The molecule has 1 aromatic carbocycles. The van der Waals surface area contributed by atoms with Crippen LogP contribution in [0, 0.1) is 12.8 Å². The standard InChI is InChI=1S/C17H20N6O/c1-11-21-14-7-12(3-5-15(14)22(11)2)8-18-17(24)13-4-6-16-19-10-20-23(16)9-13/h3,5,7,10,13H,4,6,8-9H2,1-2H3,(H,18,24). The van der Waals surface area contributed by atoms with Gasteiger partial charge in [0.1, 0.15) is 18.0 Å². The van der Waals surface area contributed by atoms with Gasteiger partial charge in [0.2, 0.25) is 5.91 Å². The number of aryl methyl sites for hydroxylation is 3. The van der Waals surface area contributed by atoms with Gasteiger partial charge in [-0.3, -0.25) is 4.79 Å². The zero-order chi connectivity index (χ0) is 16.7. The number of nitrogens with zero attached hydrogens (tertiary/aromatic N) is 5. The second kappa shape index (κ2) is 5.74. The number of amides is 1. The number of carbonyl (C=O) groups excluding carboxylic acids is 1. The summed E-state index contributed by atoms with van der Waals surface area (Å²) in [4.78, 5) is 21.2. The molecule has 1 atom stereocenters. The quantitative estimate of drug-likeness (QED) is 0.789. The Labute approximate surface area is 139 Å². The predicted octanol–water partition coefficient (Wildman–Crippen LogP) is 1.35. The monoisotopic (exact) mass is 324 g/mol. The van der Waals surface area contributed by atoms with Crippen molar-refractivity contribution >= 4 is 16.9 Å². The van der Waals surface area contributed by atoms with Crippen LogP contribution in [0.1, 0.15) is 23.6 Å². The fourth-order valence-corrected chi connectivity index (χ4v) is 3.26. The van der Waals surface area contributed by atoms with Crippen LogP contribution in [0.3, 0.4) is 0 Å². The van der Waals surface area contributed by atoms with Gasteiger partial charge < -0.3 is 9.88 Å². The molecule has 1 aliphatic heterocycles. The molecule has 7 heteroatoms. The van der Waals surface area contributed by atoms with Gasteiger partial charge in [-0.25, -0.2) is 14.6 Å². The number of imidazole rings is 1. The Hall–Kier alpha value is -2.70.